The molecule has 4 rings (SSSR count). The van der Waals surface area contributed by atoms with Crippen LogP contribution in [0.4, 0.5) is 0 Å². The predicted octanol–water partition coefficient (Wildman–Crippen LogP) is 3.43. The monoisotopic (exact) mass is 309 g/mol. The average Bonchev–Trinajstić information content (AvgIpc) is 3.32. The van der Waals surface area contributed by atoms with Gasteiger partial charge in [0.2, 0.25) is 0 Å². The fraction of sp³-hybridized carbons (Fsp3) is 0.176. The fourth-order valence-corrected chi connectivity index (χ4v) is 3.23. The number of thioether (sulfide) groups is 1. The lowest BCUT2D eigenvalue weighted by atomic mass is 10.2. The number of ether oxygens (including phenoxy) is 1. The lowest BCUT2D eigenvalue weighted by Gasteiger charge is -2.09. The standard InChI is InChI=1S/C17H15N3OS/c1-3-7-13(8-4-1)16-18-19-17(22-12-15-11-21-15)20(16)14-9-5-2-6-10-14/h1-10,15H,11-12H2/t15-/m1/s1. The third kappa shape index (κ3) is 2.77. The van der Waals surface area contributed by atoms with E-state index in [0.29, 0.717) is 6.10 Å². The van der Waals surface area contributed by atoms with Crippen LogP contribution in [0.25, 0.3) is 17.1 Å². The first kappa shape index (κ1) is 13.5. The Morgan fingerprint density at radius 3 is 2.36 bits per heavy atom. The molecule has 0 N–H and O–H groups in total. The molecular weight excluding hydrogens is 294 g/mol. The molecule has 0 saturated carbocycles. The zero-order valence-electron chi connectivity index (χ0n) is 11.9. The largest absolute Gasteiger partial charge is 0.372 e. The van der Waals surface area contributed by atoms with Gasteiger partial charge >= 0.3 is 0 Å². The highest BCUT2D eigenvalue weighted by molar-refractivity contribution is 7.99. The Hall–Kier alpha value is -2.11. The highest BCUT2D eigenvalue weighted by atomic mass is 32.2. The maximum Gasteiger partial charge on any atom is 0.196 e. The summed E-state index contributed by atoms with van der Waals surface area (Å²) in [5.41, 5.74) is 2.14. The summed E-state index contributed by atoms with van der Waals surface area (Å²) in [5, 5.41) is 9.70. The molecule has 110 valence electrons. The highest BCUT2D eigenvalue weighted by Crippen LogP contribution is 2.29. The summed E-state index contributed by atoms with van der Waals surface area (Å²) in [4.78, 5) is 0. The van der Waals surface area contributed by atoms with Crippen LogP contribution >= 0.6 is 11.8 Å². The van der Waals surface area contributed by atoms with Crippen LogP contribution in [0.5, 0.6) is 0 Å². The van der Waals surface area contributed by atoms with Crippen LogP contribution in [0, 0.1) is 0 Å². The lowest BCUT2D eigenvalue weighted by Crippen LogP contribution is -2.00. The van der Waals surface area contributed by atoms with Crippen molar-refractivity contribution >= 4 is 11.8 Å². The number of benzene rings is 2. The van der Waals surface area contributed by atoms with E-state index in [9.17, 15) is 0 Å². The topological polar surface area (TPSA) is 43.2 Å². The summed E-state index contributed by atoms with van der Waals surface area (Å²) < 4.78 is 7.40. The minimum atomic E-state index is 0.367. The molecule has 0 radical (unpaired) electrons. The second-order valence-corrected chi connectivity index (χ2v) is 6.10. The molecule has 1 atom stereocenters. The normalized spacial score (nSPS) is 16.6. The van der Waals surface area contributed by atoms with E-state index in [1.54, 1.807) is 11.8 Å². The van der Waals surface area contributed by atoms with Gasteiger partial charge in [-0.3, -0.25) is 4.57 Å². The van der Waals surface area contributed by atoms with E-state index >= 15 is 0 Å². The molecule has 0 spiro atoms. The molecule has 2 heterocycles. The van der Waals surface area contributed by atoms with E-state index in [1.165, 1.54) is 0 Å². The lowest BCUT2D eigenvalue weighted by molar-refractivity contribution is 0.426. The molecule has 1 aliphatic rings. The van der Waals surface area contributed by atoms with Crippen molar-refractivity contribution in [2.75, 3.05) is 12.4 Å². The van der Waals surface area contributed by atoms with Gasteiger partial charge in [-0.05, 0) is 12.1 Å². The molecule has 3 aromatic rings. The third-order valence-corrected chi connectivity index (χ3v) is 4.54. The van der Waals surface area contributed by atoms with Crippen molar-refractivity contribution in [2.24, 2.45) is 0 Å². The number of hydrogen-bond acceptors (Lipinski definition) is 4. The van der Waals surface area contributed by atoms with Crippen LogP contribution in [0.15, 0.2) is 65.8 Å². The molecule has 0 amide bonds. The number of hydrogen-bond donors (Lipinski definition) is 0. The average molecular weight is 309 g/mol. The SMILES string of the molecule is c1ccc(-c2nnc(SC[C@H]3CO3)n2-c2ccccc2)cc1. The number of epoxide rings is 1. The van der Waals surface area contributed by atoms with Crippen LogP contribution in [-0.4, -0.2) is 33.2 Å². The van der Waals surface area contributed by atoms with Crippen molar-refractivity contribution in [1.29, 1.82) is 0 Å². The van der Waals surface area contributed by atoms with Crippen LogP contribution < -0.4 is 0 Å². The van der Waals surface area contributed by atoms with Crippen molar-refractivity contribution in [1.82, 2.24) is 14.8 Å². The van der Waals surface area contributed by atoms with Gasteiger partial charge in [0.1, 0.15) is 0 Å². The molecular formula is C17H15N3OS. The Kier molecular flexibility index (Phi) is 3.66. The number of aromatic nitrogens is 3. The van der Waals surface area contributed by atoms with Gasteiger partial charge in [0.25, 0.3) is 0 Å². The predicted molar refractivity (Wildman–Crippen MR) is 87.3 cm³/mol. The molecule has 0 bridgehead atoms. The Bertz CT molecular complexity index is 754. The second-order valence-electron chi connectivity index (χ2n) is 5.11. The molecule has 1 aromatic heterocycles. The minimum Gasteiger partial charge on any atom is -0.372 e. The quantitative estimate of drug-likeness (QED) is 0.535. The summed E-state index contributed by atoms with van der Waals surface area (Å²) in [6, 6.07) is 20.4. The Morgan fingerprint density at radius 1 is 1.00 bits per heavy atom. The summed E-state index contributed by atoms with van der Waals surface area (Å²) in [6.07, 6.45) is 0.367. The van der Waals surface area contributed by atoms with Crippen molar-refractivity contribution < 1.29 is 4.74 Å². The Balaban J connectivity index is 1.77. The van der Waals surface area contributed by atoms with E-state index in [1.807, 2.05) is 36.4 Å². The first-order valence-corrected chi connectivity index (χ1v) is 8.21. The molecule has 1 aliphatic heterocycles. The zero-order chi connectivity index (χ0) is 14.8. The van der Waals surface area contributed by atoms with Crippen molar-refractivity contribution in [3.63, 3.8) is 0 Å². The number of para-hydroxylation sites is 1. The first-order valence-electron chi connectivity index (χ1n) is 7.22. The van der Waals surface area contributed by atoms with Gasteiger partial charge in [-0.15, -0.1) is 10.2 Å². The van der Waals surface area contributed by atoms with Crippen molar-refractivity contribution in [3.8, 4) is 17.1 Å². The second kappa shape index (κ2) is 5.94. The molecule has 0 unspecified atom stereocenters. The van der Waals surface area contributed by atoms with Crippen LogP contribution in [0.2, 0.25) is 0 Å². The number of rotatable bonds is 5. The Labute approximate surface area is 133 Å². The van der Waals surface area contributed by atoms with E-state index in [-0.39, 0.29) is 0 Å². The van der Waals surface area contributed by atoms with Gasteiger partial charge in [-0.2, -0.15) is 0 Å². The van der Waals surface area contributed by atoms with Gasteiger partial charge in [-0.1, -0.05) is 60.3 Å². The summed E-state index contributed by atoms with van der Waals surface area (Å²) in [7, 11) is 0. The van der Waals surface area contributed by atoms with E-state index in [2.05, 4.69) is 39.0 Å². The zero-order valence-corrected chi connectivity index (χ0v) is 12.7. The highest BCUT2D eigenvalue weighted by Gasteiger charge is 2.24. The van der Waals surface area contributed by atoms with Gasteiger partial charge in [-0.25, -0.2) is 0 Å². The summed E-state index contributed by atoms with van der Waals surface area (Å²) in [6.45, 7) is 0.859. The summed E-state index contributed by atoms with van der Waals surface area (Å²) >= 11 is 1.69. The van der Waals surface area contributed by atoms with Crippen molar-refractivity contribution in [3.05, 3.63) is 60.7 Å². The smallest absolute Gasteiger partial charge is 0.196 e. The minimum absolute atomic E-state index is 0.367. The van der Waals surface area contributed by atoms with Gasteiger partial charge in [0, 0.05) is 17.0 Å². The molecule has 2 aromatic carbocycles. The molecule has 22 heavy (non-hydrogen) atoms. The summed E-state index contributed by atoms with van der Waals surface area (Å²) in [5.74, 6) is 1.78. The third-order valence-electron chi connectivity index (χ3n) is 3.48. The first-order chi connectivity index (χ1) is 10.9. The van der Waals surface area contributed by atoms with Crippen LogP contribution in [-0.2, 0) is 4.74 Å². The molecule has 5 heteroatoms. The molecule has 1 saturated heterocycles. The van der Waals surface area contributed by atoms with Gasteiger partial charge in [0.15, 0.2) is 11.0 Å². The number of nitrogens with zero attached hydrogens (tertiary/aromatic N) is 3. The maximum atomic E-state index is 5.29. The van der Waals surface area contributed by atoms with E-state index in [4.69, 9.17) is 4.74 Å². The fourth-order valence-electron chi connectivity index (χ4n) is 2.28. The van der Waals surface area contributed by atoms with E-state index in [0.717, 1.165) is 34.6 Å². The maximum absolute atomic E-state index is 5.29. The van der Waals surface area contributed by atoms with E-state index < -0.39 is 0 Å². The van der Waals surface area contributed by atoms with Crippen LogP contribution in [0.3, 0.4) is 0 Å². The van der Waals surface area contributed by atoms with Gasteiger partial charge < -0.3 is 4.74 Å². The molecule has 0 aliphatic carbocycles. The molecule has 1 fully saturated rings. The molecule has 4 nitrogen and oxygen atoms in total. The van der Waals surface area contributed by atoms with Gasteiger partial charge in [0.05, 0.1) is 12.7 Å². The van der Waals surface area contributed by atoms with Crippen LogP contribution in [0.1, 0.15) is 0 Å². The van der Waals surface area contributed by atoms with Crippen molar-refractivity contribution in [2.45, 2.75) is 11.3 Å². The Morgan fingerprint density at radius 2 is 1.68 bits per heavy atom.